The monoisotopic (exact) mass is 275 g/mol. The smallest absolute Gasteiger partial charge is 0.157 e. The molecule has 0 bridgehead atoms. The van der Waals surface area contributed by atoms with E-state index in [4.69, 9.17) is 10.5 Å². The molecule has 1 saturated heterocycles. The Morgan fingerprint density at radius 1 is 1.50 bits per heavy atom. The maximum Gasteiger partial charge on any atom is 0.157 e. The summed E-state index contributed by atoms with van der Waals surface area (Å²) in [6.45, 7) is 5.09. The molecule has 20 heavy (non-hydrogen) atoms. The van der Waals surface area contributed by atoms with Crippen LogP contribution in [-0.2, 0) is 11.2 Å². The van der Waals surface area contributed by atoms with Gasteiger partial charge in [0.05, 0.1) is 18.9 Å². The summed E-state index contributed by atoms with van der Waals surface area (Å²) in [4.78, 5) is 6.93. The summed E-state index contributed by atoms with van der Waals surface area (Å²) in [5, 5.41) is 4.39. The first-order valence-electron chi connectivity index (χ1n) is 7.22. The molecule has 0 saturated carbocycles. The van der Waals surface area contributed by atoms with E-state index in [9.17, 15) is 0 Å². The maximum atomic E-state index is 5.73. The summed E-state index contributed by atoms with van der Waals surface area (Å²) < 4.78 is 7.54. The molecule has 0 spiro atoms. The highest BCUT2D eigenvalue weighted by atomic mass is 16.5. The number of aromatic nitrogens is 3. The number of ether oxygens (including phenoxy) is 1. The minimum Gasteiger partial charge on any atom is -0.373 e. The van der Waals surface area contributed by atoms with Crippen LogP contribution in [0.2, 0.25) is 0 Å². The van der Waals surface area contributed by atoms with Gasteiger partial charge in [-0.1, -0.05) is 13.3 Å². The van der Waals surface area contributed by atoms with Gasteiger partial charge in [-0.05, 0) is 6.42 Å². The third kappa shape index (κ3) is 2.48. The van der Waals surface area contributed by atoms with Crippen LogP contribution in [0.25, 0.3) is 5.65 Å². The molecule has 2 aromatic heterocycles. The van der Waals surface area contributed by atoms with Crippen LogP contribution in [0.5, 0.6) is 0 Å². The van der Waals surface area contributed by atoms with E-state index in [0.29, 0.717) is 13.2 Å². The molecular formula is C14H21N5O. The molecule has 108 valence electrons. The topological polar surface area (TPSA) is 68.7 Å². The number of hydrogen-bond acceptors (Lipinski definition) is 5. The molecule has 1 aliphatic heterocycles. The third-order valence-corrected chi connectivity index (χ3v) is 3.63. The number of morpholine rings is 1. The summed E-state index contributed by atoms with van der Waals surface area (Å²) in [6.07, 6.45) is 3.96. The molecule has 0 aliphatic carbocycles. The number of rotatable bonds is 4. The standard InChI is InChI=1S/C14H21N5O/c1-2-3-11-8-14(19-13(17-11)4-5-16-19)18-6-7-20-12(9-15)10-18/h4-5,8,12H,2-3,6-7,9-10,15H2,1H3/t12-/m1/s1. The van der Waals surface area contributed by atoms with E-state index in [-0.39, 0.29) is 6.10 Å². The van der Waals surface area contributed by atoms with Gasteiger partial charge in [0.2, 0.25) is 0 Å². The van der Waals surface area contributed by atoms with Gasteiger partial charge < -0.3 is 15.4 Å². The second-order valence-corrected chi connectivity index (χ2v) is 5.13. The highest BCUT2D eigenvalue weighted by molar-refractivity contribution is 5.51. The van der Waals surface area contributed by atoms with Gasteiger partial charge in [-0.3, -0.25) is 0 Å². The van der Waals surface area contributed by atoms with Crippen molar-refractivity contribution in [2.45, 2.75) is 25.9 Å². The Kier molecular flexibility index (Phi) is 3.84. The molecule has 0 unspecified atom stereocenters. The number of hydrogen-bond donors (Lipinski definition) is 1. The Morgan fingerprint density at radius 2 is 2.40 bits per heavy atom. The van der Waals surface area contributed by atoms with E-state index in [1.807, 2.05) is 10.6 Å². The average molecular weight is 275 g/mol. The first kappa shape index (κ1) is 13.3. The quantitative estimate of drug-likeness (QED) is 0.895. The zero-order valence-electron chi connectivity index (χ0n) is 11.8. The Labute approximate surface area is 118 Å². The van der Waals surface area contributed by atoms with E-state index in [2.05, 4.69) is 28.0 Å². The molecule has 6 heteroatoms. The Bertz CT molecular complexity index is 582. The zero-order chi connectivity index (χ0) is 13.9. The molecule has 6 nitrogen and oxygen atoms in total. The number of nitrogens with zero attached hydrogens (tertiary/aromatic N) is 4. The van der Waals surface area contributed by atoms with Crippen molar-refractivity contribution in [2.75, 3.05) is 31.1 Å². The normalized spacial score (nSPS) is 19.7. The van der Waals surface area contributed by atoms with Crippen molar-refractivity contribution in [3.05, 3.63) is 24.0 Å². The highest BCUT2D eigenvalue weighted by Crippen LogP contribution is 2.20. The maximum absolute atomic E-state index is 5.73. The van der Waals surface area contributed by atoms with Crippen LogP contribution in [0.3, 0.4) is 0 Å². The Morgan fingerprint density at radius 3 is 3.20 bits per heavy atom. The lowest BCUT2D eigenvalue weighted by Gasteiger charge is -2.34. The minimum atomic E-state index is 0.0946. The molecule has 0 aromatic carbocycles. The van der Waals surface area contributed by atoms with Gasteiger partial charge in [-0.2, -0.15) is 9.61 Å². The van der Waals surface area contributed by atoms with E-state index in [0.717, 1.165) is 43.1 Å². The van der Waals surface area contributed by atoms with Crippen molar-refractivity contribution < 1.29 is 4.74 Å². The van der Waals surface area contributed by atoms with Crippen molar-refractivity contribution in [1.29, 1.82) is 0 Å². The lowest BCUT2D eigenvalue weighted by molar-refractivity contribution is 0.0461. The highest BCUT2D eigenvalue weighted by Gasteiger charge is 2.22. The molecule has 0 radical (unpaired) electrons. The molecule has 3 rings (SSSR count). The largest absolute Gasteiger partial charge is 0.373 e. The molecule has 1 fully saturated rings. The average Bonchev–Trinajstić information content (AvgIpc) is 2.95. The van der Waals surface area contributed by atoms with Crippen LogP contribution in [-0.4, -0.2) is 46.9 Å². The lowest BCUT2D eigenvalue weighted by Crippen LogP contribution is -2.46. The second-order valence-electron chi connectivity index (χ2n) is 5.13. The predicted octanol–water partition coefficient (Wildman–Crippen LogP) is 0.846. The van der Waals surface area contributed by atoms with Crippen LogP contribution in [0.1, 0.15) is 19.0 Å². The van der Waals surface area contributed by atoms with Crippen molar-refractivity contribution in [2.24, 2.45) is 5.73 Å². The van der Waals surface area contributed by atoms with Crippen LogP contribution < -0.4 is 10.6 Å². The molecule has 1 atom stereocenters. The molecule has 2 aromatic rings. The van der Waals surface area contributed by atoms with Gasteiger partial charge in [0, 0.05) is 37.5 Å². The van der Waals surface area contributed by atoms with Crippen molar-refractivity contribution in [1.82, 2.24) is 14.6 Å². The number of fused-ring (bicyclic) bond motifs is 1. The minimum absolute atomic E-state index is 0.0946. The van der Waals surface area contributed by atoms with Gasteiger partial charge in [0.25, 0.3) is 0 Å². The van der Waals surface area contributed by atoms with Gasteiger partial charge in [-0.15, -0.1) is 0 Å². The van der Waals surface area contributed by atoms with Gasteiger partial charge in [0.15, 0.2) is 5.65 Å². The Hall–Kier alpha value is -1.66. The van der Waals surface area contributed by atoms with E-state index < -0.39 is 0 Å². The second kappa shape index (κ2) is 5.76. The van der Waals surface area contributed by atoms with Crippen molar-refractivity contribution in [3.63, 3.8) is 0 Å². The first-order chi connectivity index (χ1) is 9.81. The summed E-state index contributed by atoms with van der Waals surface area (Å²) in [7, 11) is 0. The molecule has 0 amide bonds. The van der Waals surface area contributed by atoms with E-state index >= 15 is 0 Å². The summed E-state index contributed by atoms with van der Waals surface area (Å²) in [6, 6.07) is 4.09. The number of nitrogens with two attached hydrogens (primary N) is 1. The summed E-state index contributed by atoms with van der Waals surface area (Å²) in [5.74, 6) is 1.09. The van der Waals surface area contributed by atoms with Crippen molar-refractivity contribution >= 4 is 11.5 Å². The van der Waals surface area contributed by atoms with E-state index in [1.165, 1.54) is 0 Å². The van der Waals surface area contributed by atoms with Gasteiger partial charge in [0.1, 0.15) is 5.82 Å². The molecule has 2 N–H and O–H groups in total. The fourth-order valence-corrected chi connectivity index (χ4v) is 2.63. The lowest BCUT2D eigenvalue weighted by atomic mass is 10.2. The van der Waals surface area contributed by atoms with Crippen LogP contribution in [0.15, 0.2) is 18.3 Å². The Balaban J connectivity index is 1.98. The van der Waals surface area contributed by atoms with Gasteiger partial charge in [-0.25, -0.2) is 4.98 Å². The van der Waals surface area contributed by atoms with Crippen LogP contribution in [0.4, 0.5) is 5.82 Å². The van der Waals surface area contributed by atoms with Gasteiger partial charge >= 0.3 is 0 Å². The first-order valence-corrected chi connectivity index (χ1v) is 7.22. The molecule has 3 heterocycles. The number of anilines is 1. The summed E-state index contributed by atoms with van der Waals surface area (Å²) >= 11 is 0. The third-order valence-electron chi connectivity index (χ3n) is 3.63. The van der Waals surface area contributed by atoms with Crippen LogP contribution >= 0.6 is 0 Å². The fraction of sp³-hybridized carbons (Fsp3) is 0.571. The van der Waals surface area contributed by atoms with Crippen molar-refractivity contribution in [3.8, 4) is 0 Å². The number of aryl methyl sites for hydroxylation is 1. The molecule has 1 aliphatic rings. The predicted molar refractivity (Wildman–Crippen MR) is 78.0 cm³/mol. The fourth-order valence-electron chi connectivity index (χ4n) is 2.63. The SMILES string of the molecule is CCCc1cc(N2CCO[C@H](CN)C2)n2nccc2n1. The van der Waals surface area contributed by atoms with Crippen LogP contribution in [0, 0.1) is 0 Å². The molecular weight excluding hydrogens is 254 g/mol. The van der Waals surface area contributed by atoms with E-state index in [1.54, 1.807) is 6.20 Å². The summed E-state index contributed by atoms with van der Waals surface area (Å²) in [5.41, 5.74) is 7.75. The zero-order valence-corrected chi connectivity index (χ0v) is 11.8.